The van der Waals surface area contributed by atoms with Gasteiger partial charge in [0.2, 0.25) is 5.91 Å². The van der Waals surface area contributed by atoms with Crippen LogP contribution >= 0.6 is 0 Å². The van der Waals surface area contributed by atoms with Crippen molar-refractivity contribution in [3.05, 3.63) is 52.3 Å². The fourth-order valence-corrected chi connectivity index (χ4v) is 3.71. The summed E-state index contributed by atoms with van der Waals surface area (Å²) >= 11 is 0. The topological polar surface area (TPSA) is 84.1 Å². The number of amides is 1. The third kappa shape index (κ3) is 2.64. The van der Waals surface area contributed by atoms with Crippen LogP contribution in [0.4, 0.5) is 0 Å². The summed E-state index contributed by atoms with van der Waals surface area (Å²) in [7, 11) is 0. The second-order valence-electron chi connectivity index (χ2n) is 7.25. The Balaban J connectivity index is 1.25. The summed E-state index contributed by atoms with van der Waals surface area (Å²) in [5.74, 6) is 2.56. The number of H-pyrrole nitrogens is 1. The predicted octanol–water partition coefficient (Wildman–Crippen LogP) is 2.21. The molecule has 1 aromatic carbocycles. The molecule has 7 heteroatoms. The Morgan fingerprint density at radius 3 is 2.77 bits per heavy atom. The number of benzene rings is 1. The van der Waals surface area contributed by atoms with Crippen molar-refractivity contribution in [2.45, 2.75) is 37.6 Å². The van der Waals surface area contributed by atoms with E-state index in [1.165, 1.54) is 18.9 Å². The number of nitrogens with zero attached hydrogens (tertiary/aromatic N) is 3. The van der Waals surface area contributed by atoms with Gasteiger partial charge in [-0.2, -0.15) is 5.16 Å². The molecule has 2 aromatic heterocycles. The lowest BCUT2D eigenvalue weighted by Crippen LogP contribution is -2.48. The minimum absolute atomic E-state index is 0.119. The number of carbonyl (C=O) groups is 1. The molecule has 1 saturated carbocycles. The van der Waals surface area contributed by atoms with Crippen LogP contribution in [-0.4, -0.2) is 38.6 Å². The average molecular weight is 352 g/mol. The second kappa shape index (κ2) is 5.86. The standard InChI is InChI=1S/C19H20N4O3/c24-17-9-16(26-21-17)13-10-22(11-13)18(25)7-8-23-15-4-2-1-3-14(15)20-19(23)12-5-6-12/h1-4,9,12-13H,5-8,10-11H2,(H,21,24). The molecule has 1 aliphatic heterocycles. The smallest absolute Gasteiger partial charge is 0.280 e. The largest absolute Gasteiger partial charge is 0.383 e. The molecule has 1 aliphatic carbocycles. The summed E-state index contributed by atoms with van der Waals surface area (Å²) in [4.78, 5) is 30.3. The molecular formula is C19H20N4O3. The van der Waals surface area contributed by atoms with E-state index in [2.05, 4.69) is 15.8 Å². The summed E-state index contributed by atoms with van der Waals surface area (Å²) in [6, 6.07) is 9.59. The van der Waals surface area contributed by atoms with Crippen molar-refractivity contribution in [2.24, 2.45) is 0 Å². The average Bonchev–Trinajstić information content (AvgIpc) is 3.25. The Morgan fingerprint density at radius 2 is 2.04 bits per heavy atom. The van der Waals surface area contributed by atoms with E-state index in [0.29, 0.717) is 37.7 Å². The molecule has 3 heterocycles. The summed E-state index contributed by atoms with van der Waals surface area (Å²) in [6.07, 6.45) is 2.84. The first kappa shape index (κ1) is 15.4. The van der Waals surface area contributed by atoms with Crippen molar-refractivity contribution in [2.75, 3.05) is 13.1 Å². The Kier molecular flexibility index (Phi) is 3.48. The van der Waals surface area contributed by atoms with Gasteiger partial charge in [-0.25, -0.2) is 4.98 Å². The van der Waals surface area contributed by atoms with Crippen LogP contribution in [0.1, 0.15) is 42.7 Å². The highest BCUT2D eigenvalue weighted by atomic mass is 16.5. The maximum absolute atomic E-state index is 12.5. The number of aromatic nitrogens is 3. The van der Waals surface area contributed by atoms with Crippen LogP contribution in [0.25, 0.3) is 11.0 Å². The van der Waals surface area contributed by atoms with Crippen molar-refractivity contribution in [1.29, 1.82) is 0 Å². The molecule has 0 radical (unpaired) electrons. The Hall–Kier alpha value is -2.83. The zero-order chi connectivity index (χ0) is 17.7. The molecule has 134 valence electrons. The molecule has 5 rings (SSSR count). The molecular weight excluding hydrogens is 332 g/mol. The molecule has 0 spiro atoms. The van der Waals surface area contributed by atoms with Gasteiger partial charge in [-0.15, -0.1) is 0 Å². The summed E-state index contributed by atoms with van der Waals surface area (Å²) in [6.45, 7) is 1.88. The maximum Gasteiger partial charge on any atom is 0.280 e. The summed E-state index contributed by atoms with van der Waals surface area (Å²) in [5, 5.41) is 2.30. The number of aryl methyl sites for hydroxylation is 1. The van der Waals surface area contributed by atoms with Gasteiger partial charge < -0.3 is 14.0 Å². The van der Waals surface area contributed by atoms with Crippen LogP contribution < -0.4 is 5.56 Å². The van der Waals surface area contributed by atoms with Gasteiger partial charge >= 0.3 is 0 Å². The van der Waals surface area contributed by atoms with Gasteiger partial charge in [-0.05, 0) is 25.0 Å². The van der Waals surface area contributed by atoms with Gasteiger partial charge in [0.05, 0.1) is 17.0 Å². The fourth-order valence-electron chi connectivity index (χ4n) is 3.71. The lowest BCUT2D eigenvalue weighted by molar-refractivity contribution is -0.136. The van der Waals surface area contributed by atoms with Crippen LogP contribution in [0.5, 0.6) is 0 Å². The van der Waals surface area contributed by atoms with Gasteiger partial charge in [-0.1, -0.05) is 12.1 Å². The van der Waals surface area contributed by atoms with E-state index in [9.17, 15) is 9.59 Å². The van der Waals surface area contributed by atoms with E-state index >= 15 is 0 Å². The molecule has 1 amide bonds. The van der Waals surface area contributed by atoms with E-state index in [0.717, 1.165) is 16.9 Å². The van der Waals surface area contributed by atoms with Gasteiger partial charge in [-0.3, -0.25) is 9.59 Å². The number of likely N-dealkylation sites (tertiary alicyclic amines) is 1. The SMILES string of the molecule is O=C(CCn1c(C2CC2)nc2ccccc21)N1CC(c2cc(=O)[nH]o2)C1. The van der Waals surface area contributed by atoms with E-state index in [1.54, 1.807) is 0 Å². The van der Waals surface area contributed by atoms with Gasteiger partial charge in [0, 0.05) is 38.0 Å². The minimum Gasteiger partial charge on any atom is -0.383 e. The first-order chi connectivity index (χ1) is 12.7. The van der Waals surface area contributed by atoms with E-state index in [-0.39, 0.29) is 17.4 Å². The first-order valence-corrected chi connectivity index (χ1v) is 9.10. The molecule has 7 nitrogen and oxygen atoms in total. The highest BCUT2D eigenvalue weighted by Crippen LogP contribution is 2.40. The third-order valence-corrected chi connectivity index (χ3v) is 5.36. The maximum atomic E-state index is 12.5. The van der Waals surface area contributed by atoms with Crippen molar-refractivity contribution < 1.29 is 9.32 Å². The molecule has 2 aliphatic rings. The van der Waals surface area contributed by atoms with Crippen LogP contribution in [0.2, 0.25) is 0 Å². The lowest BCUT2D eigenvalue weighted by atomic mass is 9.97. The van der Waals surface area contributed by atoms with Gasteiger partial charge in [0.15, 0.2) is 0 Å². The number of hydrogen-bond donors (Lipinski definition) is 1. The molecule has 26 heavy (non-hydrogen) atoms. The molecule has 0 atom stereocenters. The normalized spacial score (nSPS) is 17.6. The van der Waals surface area contributed by atoms with Crippen molar-refractivity contribution >= 4 is 16.9 Å². The zero-order valence-electron chi connectivity index (χ0n) is 14.4. The quantitative estimate of drug-likeness (QED) is 0.763. The first-order valence-electron chi connectivity index (χ1n) is 9.10. The summed E-state index contributed by atoms with van der Waals surface area (Å²) < 4.78 is 7.34. The van der Waals surface area contributed by atoms with Crippen LogP contribution in [-0.2, 0) is 11.3 Å². The van der Waals surface area contributed by atoms with E-state index < -0.39 is 0 Å². The number of aromatic amines is 1. The molecule has 1 N–H and O–H groups in total. The zero-order valence-corrected chi connectivity index (χ0v) is 14.4. The van der Waals surface area contributed by atoms with Crippen LogP contribution in [0.15, 0.2) is 39.6 Å². The molecule has 0 unspecified atom stereocenters. The second-order valence-corrected chi connectivity index (χ2v) is 7.25. The summed E-state index contributed by atoms with van der Waals surface area (Å²) in [5.41, 5.74) is 1.88. The number of hydrogen-bond acceptors (Lipinski definition) is 4. The number of imidazole rings is 1. The van der Waals surface area contributed by atoms with E-state index in [1.807, 2.05) is 23.1 Å². The highest BCUT2D eigenvalue weighted by Gasteiger charge is 2.34. The van der Waals surface area contributed by atoms with Gasteiger partial charge in [0.25, 0.3) is 5.56 Å². The number of nitrogens with one attached hydrogen (secondary N) is 1. The lowest BCUT2D eigenvalue weighted by Gasteiger charge is -2.37. The Morgan fingerprint density at radius 1 is 1.23 bits per heavy atom. The van der Waals surface area contributed by atoms with Gasteiger partial charge in [0.1, 0.15) is 11.6 Å². The number of carbonyl (C=O) groups excluding carboxylic acids is 1. The monoisotopic (exact) mass is 352 g/mol. The molecule has 3 aromatic rings. The minimum atomic E-state index is -0.232. The number of rotatable bonds is 5. The van der Waals surface area contributed by atoms with Crippen molar-refractivity contribution in [3.63, 3.8) is 0 Å². The Labute approximate surface area is 149 Å². The third-order valence-electron chi connectivity index (χ3n) is 5.36. The number of fused-ring (bicyclic) bond motifs is 1. The Bertz CT molecular complexity index is 1020. The van der Waals surface area contributed by atoms with Crippen molar-refractivity contribution in [3.8, 4) is 0 Å². The van der Waals surface area contributed by atoms with E-state index in [4.69, 9.17) is 9.51 Å². The molecule has 0 bridgehead atoms. The predicted molar refractivity (Wildman–Crippen MR) is 95.0 cm³/mol. The molecule has 2 fully saturated rings. The highest BCUT2D eigenvalue weighted by molar-refractivity contribution is 5.79. The number of para-hydroxylation sites is 2. The van der Waals surface area contributed by atoms with Crippen LogP contribution in [0.3, 0.4) is 0 Å². The molecule has 1 saturated heterocycles. The van der Waals surface area contributed by atoms with Crippen LogP contribution in [0, 0.1) is 0 Å². The fraction of sp³-hybridized carbons (Fsp3) is 0.421. The van der Waals surface area contributed by atoms with Crippen molar-refractivity contribution in [1.82, 2.24) is 19.6 Å².